The van der Waals surface area contributed by atoms with Crippen LogP contribution in [-0.2, 0) is 4.79 Å². The van der Waals surface area contributed by atoms with E-state index in [0.29, 0.717) is 12.0 Å². The summed E-state index contributed by atoms with van der Waals surface area (Å²) in [6.45, 7) is 1.70. The summed E-state index contributed by atoms with van der Waals surface area (Å²) in [6, 6.07) is 4.85. The van der Waals surface area contributed by atoms with Gasteiger partial charge in [-0.05, 0) is 36.5 Å². The van der Waals surface area contributed by atoms with E-state index in [0.717, 1.165) is 5.56 Å². The summed E-state index contributed by atoms with van der Waals surface area (Å²) in [7, 11) is 0. The highest BCUT2D eigenvalue weighted by Crippen LogP contribution is 2.48. The second-order valence-corrected chi connectivity index (χ2v) is 3.74. The molecule has 1 aliphatic carbocycles. The molecule has 2 rings (SSSR count). The van der Waals surface area contributed by atoms with Crippen LogP contribution in [0.2, 0.25) is 0 Å². The summed E-state index contributed by atoms with van der Waals surface area (Å²) in [4.78, 5) is 10.6. The average Bonchev–Trinajstić information content (AvgIpc) is 2.89. The molecule has 1 aromatic rings. The van der Waals surface area contributed by atoms with E-state index >= 15 is 0 Å². The van der Waals surface area contributed by atoms with Gasteiger partial charge < -0.3 is 5.11 Å². The van der Waals surface area contributed by atoms with Crippen molar-refractivity contribution in [2.45, 2.75) is 19.3 Å². The number of rotatable bonds is 2. The predicted molar refractivity (Wildman–Crippen MR) is 49.6 cm³/mol. The minimum Gasteiger partial charge on any atom is -0.481 e. The Kier molecular flexibility index (Phi) is 2.02. The van der Waals surface area contributed by atoms with Gasteiger partial charge in [-0.15, -0.1) is 0 Å². The maximum absolute atomic E-state index is 13.1. The highest BCUT2D eigenvalue weighted by Gasteiger charge is 2.44. The van der Waals surface area contributed by atoms with Crippen LogP contribution in [0, 0.1) is 18.7 Å². The quantitative estimate of drug-likeness (QED) is 0.784. The van der Waals surface area contributed by atoms with Crippen LogP contribution >= 0.6 is 0 Å². The van der Waals surface area contributed by atoms with Crippen molar-refractivity contribution in [2.24, 2.45) is 5.92 Å². The maximum Gasteiger partial charge on any atom is 0.307 e. The van der Waals surface area contributed by atoms with Crippen LogP contribution in [0.4, 0.5) is 4.39 Å². The van der Waals surface area contributed by atoms with Crippen molar-refractivity contribution >= 4 is 5.97 Å². The zero-order chi connectivity index (χ0) is 10.3. The lowest BCUT2D eigenvalue weighted by atomic mass is 10.0. The fraction of sp³-hybridized carbons (Fsp3) is 0.364. The third-order valence-electron chi connectivity index (χ3n) is 2.82. The predicted octanol–water partition coefficient (Wildman–Crippen LogP) is 2.32. The van der Waals surface area contributed by atoms with E-state index < -0.39 is 5.97 Å². The van der Waals surface area contributed by atoms with Gasteiger partial charge >= 0.3 is 5.97 Å². The van der Waals surface area contributed by atoms with E-state index in [-0.39, 0.29) is 17.7 Å². The molecule has 1 aliphatic rings. The van der Waals surface area contributed by atoms with Crippen molar-refractivity contribution in [3.8, 4) is 0 Å². The molecule has 0 spiro atoms. The molecule has 0 aliphatic heterocycles. The number of carboxylic acids is 1. The second kappa shape index (κ2) is 3.08. The Morgan fingerprint density at radius 1 is 1.57 bits per heavy atom. The van der Waals surface area contributed by atoms with E-state index in [4.69, 9.17) is 5.11 Å². The Balaban J connectivity index is 2.27. The number of carbonyl (C=O) groups is 1. The first-order valence-electron chi connectivity index (χ1n) is 4.59. The van der Waals surface area contributed by atoms with Gasteiger partial charge in [-0.2, -0.15) is 0 Å². The highest BCUT2D eigenvalue weighted by atomic mass is 19.1. The van der Waals surface area contributed by atoms with Gasteiger partial charge in [0.25, 0.3) is 0 Å². The van der Waals surface area contributed by atoms with Gasteiger partial charge in [0.2, 0.25) is 0 Å². The van der Waals surface area contributed by atoms with Crippen molar-refractivity contribution in [1.82, 2.24) is 0 Å². The molecule has 0 heterocycles. The molecular formula is C11H11FO2. The zero-order valence-electron chi connectivity index (χ0n) is 7.83. The molecule has 1 aromatic carbocycles. The topological polar surface area (TPSA) is 37.3 Å². The van der Waals surface area contributed by atoms with Gasteiger partial charge in [0, 0.05) is 0 Å². The van der Waals surface area contributed by atoms with Crippen LogP contribution < -0.4 is 0 Å². The number of carboxylic acid groups (broad SMARTS) is 1. The van der Waals surface area contributed by atoms with Crippen molar-refractivity contribution in [3.63, 3.8) is 0 Å². The minimum absolute atomic E-state index is 0.0169. The summed E-state index contributed by atoms with van der Waals surface area (Å²) in [6.07, 6.45) is 0.639. The van der Waals surface area contributed by atoms with Crippen molar-refractivity contribution in [2.75, 3.05) is 0 Å². The van der Waals surface area contributed by atoms with Crippen LogP contribution in [0.1, 0.15) is 23.5 Å². The first-order chi connectivity index (χ1) is 6.61. The molecule has 2 nitrogen and oxygen atoms in total. The molecule has 0 bridgehead atoms. The smallest absolute Gasteiger partial charge is 0.307 e. The zero-order valence-corrected chi connectivity index (χ0v) is 7.83. The van der Waals surface area contributed by atoms with Crippen LogP contribution in [-0.4, -0.2) is 11.1 Å². The maximum atomic E-state index is 13.1. The highest BCUT2D eigenvalue weighted by molar-refractivity contribution is 5.75. The lowest BCUT2D eigenvalue weighted by Gasteiger charge is -2.04. The van der Waals surface area contributed by atoms with Gasteiger partial charge in [-0.25, -0.2) is 4.39 Å². The van der Waals surface area contributed by atoms with Gasteiger partial charge in [-0.1, -0.05) is 12.1 Å². The Morgan fingerprint density at radius 3 is 2.86 bits per heavy atom. The molecule has 3 heteroatoms. The Morgan fingerprint density at radius 2 is 2.29 bits per heavy atom. The van der Waals surface area contributed by atoms with E-state index in [9.17, 15) is 9.18 Å². The average molecular weight is 194 g/mol. The first kappa shape index (κ1) is 9.19. The number of hydrogen-bond donors (Lipinski definition) is 1. The van der Waals surface area contributed by atoms with Crippen molar-refractivity contribution in [1.29, 1.82) is 0 Å². The first-order valence-corrected chi connectivity index (χ1v) is 4.59. The second-order valence-electron chi connectivity index (χ2n) is 3.74. The summed E-state index contributed by atoms with van der Waals surface area (Å²) >= 11 is 0. The molecule has 74 valence electrons. The fourth-order valence-electron chi connectivity index (χ4n) is 1.84. The summed E-state index contributed by atoms with van der Waals surface area (Å²) in [5, 5.41) is 8.75. The van der Waals surface area contributed by atoms with Gasteiger partial charge in [0.05, 0.1) is 5.92 Å². The molecule has 1 saturated carbocycles. The molecule has 1 N–H and O–H groups in total. The van der Waals surface area contributed by atoms with Crippen molar-refractivity contribution < 1.29 is 14.3 Å². The lowest BCUT2D eigenvalue weighted by Crippen LogP contribution is -2.00. The molecule has 0 unspecified atom stereocenters. The third kappa shape index (κ3) is 1.39. The molecule has 2 atom stereocenters. The largest absolute Gasteiger partial charge is 0.481 e. The summed E-state index contributed by atoms with van der Waals surface area (Å²) in [5.74, 6) is -1.32. The standard InChI is InChI=1S/C11H11FO2/c1-6-7(3-2-4-10(6)12)8-5-9(8)11(13)14/h2-4,8-9H,5H2,1H3,(H,13,14)/t8-,9-/m0/s1. The lowest BCUT2D eigenvalue weighted by molar-refractivity contribution is -0.138. The summed E-state index contributed by atoms with van der Waals surface area (Å²) < 4.78 is 13.1. The van der Waals surface area contributed by atoms with Gasteiger partial charge in [0.15, 0.2) is 0 Å². The molecule has 0 aromatic heterocycles. The normalized spacial score (nSPS) is 24.7. The Labute approximate surface area is 81.4 Å². The number of hydrogen-bond acceptors (Lipinski definition) is 1. The SMILES string of the molecule is Cc1c(F)cccc1[C@@H]1C[C@@H]1C(=O)O. The number of aliphatic carboxylic acids is 1. The molecule has 1 fully saturated rings. The van der Waals surface area contributed by atoms with E-state index in [1.165, 1.54) is 6.07 Å². The Bertz CT molecular complexity index is 387. The van der Waals surface area contributed by atoms with Crippen molar-refractivity contribution in [3.05, 3.63) is 35.1 Å². The molecule has 14 heavy (non-hydrogen) atoms. The van der Waals surface area contributed by atoms with Crippen LogP contribution in [0.5, 0.6) is 0 Å². The monoisotopic (exact) mass is 194 g/mol. The van der Waals surface area contributed by atoms with Crippen LogP contribution in [0.3, 0.4) is 0 Å². The van der Waals surface area contributed by atoms with Crippen LogP contribution in [0.15, 0.2) is 18.2 Å². The molecule has 0 amide bonds. The fourth-order valence-corrected chi connectivity index (χ4v) is 1.84. The Hall–Kier alpha value is -1.38. The number of halogens is 1. The van der Waals surface area contributed by atoms with E-state index in [1.54, 1.807) is 13.0 Å². The summed E-state index contributed by atoms with van der Waals surface area (Å²) in [5.41, 5.74) is 1.43. The van der Waals surface area contributed by atoms with Gasteiger partial charge in [0.1, 0.15) is 5.82 Å². The molecule has 0 radical (unpaired) electrons. The molecule has 0 saturated heterocycles. The van der Waals surface area contributed by atoms with E-state index in [1.807, 2.05) is 6.07 Å². The minimum atomic E-state index is -0.779. The molecular weight excluding hydrogens is 183 g/mol. The van der Waals surface area contributed by atoms with Crippen LogP contribution in [0.25, 0.3) is 0 Å². The third-order valence-corrected chi connectivity index (χ3v) is 2.82. The van der Waals surface area contributed by atoms with Gasteiger partial charge in [-0.3, -0.25) is 4.79 Å². The van der Waals surface area contributed by atoms with E-state index in [2.05, 4.69) is 0 Å². The number of benzene rings is 1.